The highest BCUT2D eigenvalue weighted by molar-refractivity contribution is 5.92. The van der Waals surface area contributed by atoms with E-state index in [-0.39, 0.29) is 24.5 Å². The molecule has 6 nitrogen and oxygen atoms in total. The van der Waals surface area contributed by atoms with Gasteiger partial charge in [0.05, 0.1) is 6.54 Å². The molecule has 1 fully saturated rings. The van der Waals surface area contributed by atoms with E-state index in [1.807, 2.05) is 20.8 Å². The summed E-state index contributed by atoms with van der Waals surface area (Å²) in [5.41, 5.74) is 0. The van der Waals surface area contributed by atoms with Crippen LogP contribution in [0.15, 0.2) is 0 Å². The van der Waals surface area contributed by atoms with Crippen LogP contribution in [0, 0.1) is 5.92 Å². The molecule has 1 aliphatic rings. The number of carbonyl (C=O) groups excluding carboxylic acids is 3. The second-order valence-electron chi connectivity index (χ2n) is 5.26. The highest BCUT2D eigenvalue weighted by Crippen LogP contribution is 2.19. The van der Waals surface area contributed by atoms with Crippen molar-refractivity contribution in [2.24, 2.45) is 5.92 Å². The van der Waals surface area contributed by atoms with Gasteiger partial charge in [-0.3, -0.25) is 24.6 Å². The Kier molecular flexibility index (Phi) is 5.95. The maximum Gasteiger partial charge on any atom is 0.251 e. The van der Waals surface area contributed by atoms with E-state index in [1.54, 1.807) is 0 Å². The molecule has 0 aromatic carbocycles. The van der Waals surface area contributed by atoms with Crippen molar-refractivity contribution in [3.05, 3.63) is 0 Å². The minimum Gasteiger partial charge on any atom is -0.316 e. The van der Waals surface area contributed by atoms with Gasteiger partial charge >= 0.3 is 0 Å². The summed E-state index contributed by atoms with van der Waals surface area (Å²) in [5, 5.41) is 3.20. The van der Waals surface area contributed by atoms with Crippen molar-refractivity contribution >= 4 is 18.7 Å². The predicted octanol–water partition coefficient (Wildman–Crippen LogP) is 0.184. The second-order valence-corrected chi connectivity index (χ2v) is 5.26. The second kappa shape index (κ2) is 7.23. The summed E-state index contributed by atoms with van der Waals surface area (Å²) in [6.07, 6.45) is 2.46. The first-order valence-electron chi connectivity index (χ1n) is 6.77. The highest BCUT2D eigenvalue weighted by Gasteiger charge is 2.39. The summed E-state index contributed by atoms with van der Waals surface area (Å²) < 4.78 is 0. The molecule has 2 atom stereocenters. The maximum absolute atomic E-state index is 12.1. The zero-order valence-electron chi connectivity index (χ0n) is 11.8. The molecule has 0 spiro atoms. The number of hydrogen-bond acceptors (Lipinski definition) is 4. The SMILES string of the molecule is CCCNC1CN(C=O)C(=O)C(CC(C)C)N1C=O. The van der Waals surface area contributed by atoms with Crippen LogP contribution >= 0.6 is 0 Å². The maximum atomic E-state index is 12.1. The smallest absolute Gasteiger partial charge is 0.251 e. The molecule has 0 bridgehead atoms. The Bertz CT molecular complexity index is 333. The van der Waals surface area contributed by atoms with Gasteiger partial charge in [0.1, 0.15) is 12.2 Å². The number of nitrogens with one attached hydrogen (secondary N) is 1. The highest BCUT2D eigenvalue weighted by atomic mass is 16.2. The Hall–Kier alpha value is -1.43. The first-order chi connectivity index (χ1) is 9.04. The molecule has 2 unspecified atom stereocenters. The van der Waals surface area contributed by atoms with E-state index in [2.05, 4.69) is 5.32 Å². The van der Waals surface area contributed by atoms with Crippen molar-refractivity contribution in [2.75, 3.05) is 13.1 Å². The predicted molar refractivity (Wildman–Crippen MR) is 71.0 cm³/mol. The molecule has 19 heavy (non-hydrogen) atoms. The van der Waals surface area contributed by atoms with Crippen LogP contribution in [-0.2, 0) is 14.4 Å². The third kappa shape index (κ3) is 3.76. The summed E-state index contributed by atoms with van der Waals surface area (Å²) in [6.45, 7) is 6.96. The van der Waals surface area contributed by atoms with Gasteiger partial charge in [-0.1, -0.05) is 20.8 Å². The van der Waals surface area contributed by atoms with Crippen molar-refractivity contribution in [3.8, 4) is 0 Å². The van der Waals surface area contributed by atoms with Crippen LogP contribution in [0.4, 0.5) is 0 Å². The first kappa shape index (κ1) is 15.6. The van der Waals surface area contributed by atoms with Crippen molar-refractivity contribution in [2.45, 2.75) is 45.8 Å². The van der Waals surface area contributed by atoms with Crippen LogP contribution in [-0.4, -0.2) is 53.8 Å². The number of amides is 3. The summed E-state index contributed by atoms with van der Waals surface area (Å²) >= 11 is 0. The molecule has 0 radical (unpaired) electrons. The molecule has 3 amide bonds. The van der Waals surface area contributed by atoms with Gasteiger partial charge in [-0.15, -0.1) is 0 Å². The Labute approximate surface area is 114 Å². The van der Waals surface area contributed by atoms with Gasteiger partial charge in [0, 0.05) is 0 Å². The van der Waals surface area contributed by atoms with Crippen LogP contribution in [0.25, 0.3) is 0 Å². The van der Waals surface area contributed by atoms with E-state index >= 15 is 0 Å². The van der Waals surface area contributed by atoms with E-state index < -0.39 is 6.04 Å². The van der Waals surface area contributed by atoms with Gasteiger partial charge in [0.15, 0.2) is 0 Å². The van der Waals surface area contributed by atoms with Crippen molar-refractivity contribution in [3.63, 3.8) is 0 Å². The van der Waals surface area contributed by atoms with Crippen molar-refractivity contribution < 1.29 is 14.4 Å². The standard InChI is InChI=1S/C13H23N3O3/c1-4-5-14-12-7-15(8-17)13(19)11(6-10(2)3)16(12)9-18/h8-12,14H,4-7H2,1-3H3. The lowest BCUT2D eigenvalue weighted by Gasteiger charge is -2.43. The van der Waals surface area contributed by atoms with Crippen LogP contribution in [0.2, 0.25) is 0 Å². The van der Waals surface area contributed by atoms with Crippen LogP contribution in [0.1, 0.15) is 33.6 Å². The summed E-state index contributed by atoms with van der Waals surface area (Å²) in [5.74, 6) is -0.0137. The normalized spacial score (nSPS) is 23.9. The number of rotatable bonds is 7. The van der Waals surface area contributed by atoms with E-state index in [0.717, 1.165) is 13.0 Å². The van der Waals surface area contributed by atoms with Gasteiger partial charge in [0.25, 0.3) is 5.91 Å². The molecule has 0 aromatic heterocycles. The fourth-order valence-electron chi connectivity index (χ4n) is 2.30. The fourth-order valence-corrected chi connectivity index (χ4v) is 2.30. The van der Waals surface area contributed by atoms with E-state index in [4.69, 9.17) is 0 Å². The van der Waals surface area contributed by atoms with E-state index in [0.29, 0.717) is 19.2 Å². The van der Waals surface area contributed by atoms with Crippen LogP contribution in [0.3, 0.4) is 0 Å². The lowest BCUT2D eigenvalue weighted by Crippen LogP contribution is -2.65. The Balaban J connectivity index is 2.90. The average Bonchev–Trinajstić information content (AvgIpc) is 2.38. The molecule has 108 valence electrons. The third-order valence-corrected chi connectivity index (χ3v) is 3.23. The van der Waals surface area contributed by atoms with Gasteiger partial charge in [-0.05, 0) is 25.3 Å². The zero-order chi connectivity index (χ0) is 14.4. The number of imide groups is 1. The van der Waals surface area contributed by atoms with Gasteiger partial charge in [0.2, 0.25) is 12.8 Å². The fraction of sp³-hybridized carbons (Fsp3) is 0.769. The number of hydrogen-bond donors (Lipinski definition) is 1. The average molecular weight is 269 g/mol. The molecular weight excluding hydrogens is 246 g/mol. The minimum absolute atomic E-state index is 0.218. The third-order valence-electron chi connectivity index (χ3n) is 3.23. The molecule has 1 heterocycles. The van der Waals surface area contributed by atoms with E-state index in [9.17, 15) is 14.4 Å². The van der Waals surface area contributed by atoms with Gasteiger partial charge in [-0.25, -0.2) is 0 Å². The molecule has 1 N–H and O–H groups in total. The van der Waals surface area contributed by atoms with Crippen molar-refractivity contribution in [1.29, 1.82) is 0 Å². The molecular formula is C13H23N3O3. The number of piperazine rings is 1. The van der Waals surface area contributed by atoms with Crippen molar-refractivity contribution in [1.82, 2.24) is 15.1 Å². The van der Waals surface area contributed by atoms with E-state index in [1.165, 1.54) is 9.80 Å². The van der Waals surface area contributed by atoms with Crippen LogP contribution < -0.4 is 5.32 Å². The molecule has 1 rings (SSSR count). The van der Waals surface area contributed by atoms with Gasteiger partial charge in [-0.2, -0.15) is 0 Å². The lowest BCUT2D eigenvalue weighted by atomic mass is 9.99. The molecule has 0 aliphatic carbocycles. The molecule has 0 saturated carbocycles. The largest absolute Gasteiger partial charge is 0.316 e. The molecule has 6 heteroatoms. The lowest BCUT2D eigenvalue weighted by molar-refractivity contribution is -0.155. The quantitative estimate of drug-likeness (QED) is 0.670. The summed E-state index contributed by atoms with van der Waals surface area (Å²) in [7, 11) is 0. The molecule has 0 aromatic rings. The molecule has 1 saturated heterocycles. The zero-order valence-corrected chi connectivity index (χ0v) is 11.8. The Morgan fingerprint density at radius 3 is 2.53 bits per heavy atom. The van der Waals surface area contributed by atoms with Gasteiger partial charge < -0.3 is 4.90 Å². The Morgan fingerprint density at radius 2 is 2.05 bits per heavy atom. The minimum atomic E-state index is -0.550. The number of carbonyl (C=O) groups is 3. The number of nitrogens with zero attached hydrogens (tertiary/aromatic N) is 2. The summed E-state index contributed by atoms with van der Waals surface area (Å²) in [4.78, 5) is 37.1. The first-order valence-corrected chi connectivity index (χ1v) is 6.77. The topological polar surface area (TPSA) is 69.7 Å². The summed E-state index contributed by atoms with van der Waals surface area (Å²) in [6, 6.07) is -0.550. The molecule has 1 aliphatic heterocycles. The Morgan fingerprint density at radius 1 is 1.37 bits per heavy atom. The monoisotopic (exact) mass is 269 g/mol. The van der Waals surface area contributed by atoms with Crippen LogP contribution in [0.5, 0.6) is 0 Å².